The summed E-state index contributed by atoms with van der Waals surface area (Å²) in [6, 6.07) is 1.99. The second kappa shape index (κ2) is 4.52. The summed E-state index contributed by atoms with van der Waals surface area (Å²) >= 11 is 1.68. The molecule has 0 saturated carbocycles. The summed E-state index contributed by atoms with van der Waals surface area (Å²) in [5.41, 5.74) is 0. The van der Waals surface area contributed by atoms with Gasteiger partial charge in [0.1, 0.15) is 6.23 Å². The van der Waals surface area contributed by atoms with Crippen molar-refractivity contribution in [1.29, 1.82) is 0 Å². The van der Waals surface area contributed by atoms with E-state index in [2.05, 4.69) is 5.10 Å². The SMILES string of the molecule is CCOC(C)n1nccc1SC. The standard InChI is InChI=1S/C8H14N2OS/c1-4-11-7(2)10-8(12-3)5-6-9-10/h5-7H,4H2,1-3H3. The van der Waals surface area contributed by atoms with Crippen LogP contribution in [0.3, 0.4) is 0 Å². The highest BCUT2D eigenvalue weighted by Crippen LogP contribution is 2.18. The summed E-state index contributed by atoms with van der Waals surface area (Å²) in [4.78, 5) is 0. The molecule has 0 N–H and O–H groups in total. The van der Waals surface area contributed by atoms with Crippen molar-refractivity contribution in [1.82, 2.24) is 9.78 Å². The van der Waals surface area contributed by atoms with Gasteiger partial charge in [-0.1, -0.05) is 0 Å². The van der Waals surface area contributed by atoms with Crippen LogP contribution in [-0.2, 0) is 4.74 Å². The van der Waals surface area contributed by atoms with Crippen molar-refractivity contribution < 1.29 is 4.74 Å². The maximum absolute atomic E-state index is 5.42. The molecule has 0 aliphatic carbocycles. The Morgan fingerprint density at radius 3 is 3.08 bits per heavy atom. The van der Waals surface area contributed by atoms with Crippen LogP contribution < -0.4 is 0 Å². The number of hydrogen-bond acceptors (Lipinski definition) is 3. The molecule has 0 radical (unpaired) electrons. The van der Waals surface area contributed by atoms with Crippen molar-refractivity contribution in [3.63, 3.8) is 0 Å². The Kier molecular flexibility index (Phi) is 3.62. The molecule has 0 bridgehead atoms. The monoisotopic (exact) mass is 186 g/mol. The molecule has 12 heavy (non-hydrogen) atoms. The number of hydrogen-bond donors (Lipinski definition) is 0. The van der Waals surface area contributed by atoms with Gasteiger partial charge in [-0.15, -0.1) is 11.8 Å². The van der Waals surface area contributed by atoms with Crippen LogP contribution in [0, 0.1) is 0 Å². The maximum Gasteiger partial charge on any atom is 0.148 e. The summed E-state index contributed by atoms with van der Waals surface area (Å²) in [7, 11) is 0. The molecule has 4 heteroatoms. The van der Waals surface area contributed by atoms with Crippen LogP contribution in [0.15, 0.2) is 17.3 Å². The van der Waals surface area contributed by atoms with Crippen molar-refractivity contribution in [2.24, 2.45) is 0 Å². The molecule has 3 nitrogen and oxygen atoms in total. The van der Waals surface area contributed by atoms with Gasteiger partial charge in [0.05, 0.1) is 11.2 Å². The van der Waals surface area contributed by atoms with Gasteiger partial charge in [-0.25, -0.2) is 4.68 Å². The molecule has 1 aromatic rings. The van der Waals surface area contributed by atoms with Crippen LogP contribution >= 0.6 is 11.8 Å². The molecule has 68 valence electrons. The van der Waals surface area contributed by atoms with Crippen molar-refractivity contribution in [3.8, 4) is 0 Å². The van der Waals surface area contributed by atoms with Crippen molar-refractivity contribution in [3.05, 3.63) is 12.3 Å². The van der Waals surface area contributed by atoms with Crippen molar-refractivity contribution >= 4 is 11.8 Å². The van der Waals surface area contributed by atoms with E-state index in [0.29, 0.717) is 0 Å². The first-order valence-electron chi connectivity index (χ1n) is 3.98. The maximum atomic E-state index is 5.42. The lowest BCUT2D eigenvalue weighted by Crippen LogP contribution is -2.11. The third-order valence-electron chi connectivity index (χ3n) is 1.60. The minimum absolute atomic E-state index is 0.0347. The van der Waals surface area contributed by atoms with Crippen LogP contribution in [0.1, 0.15) is 20.1 Å². The van der Waals surface area contributed by atoms with Crippen molar-refractivity contribution in [2.45, 2.75) is 25.1 Å². The van der Waals surface area contributed by atoms with Gasteiger partial charge in [0.15, 0.2) is 0 Å². The van der Waals surface area contributed by atoms with E-state index in [1.54, 1.807) is 18.0 Å². The number of ether oxygens (including phenoxy) is 1. The predicted molar refractivity (Wildman–Crippen MR) is 50.3 cm³/mol. The van der Waals surface area contributed by atoms with Crippen LogP contribution in [0.5, 0.6) is 0 Å². The Hall–Kier alpha value is -0.480. The molecule has 1 aromatic heterocycles. The van der Waals surface area contributed by atoms with Gasteiger partial charge in [-0.05, 0) is 26.2 Å². The van der Waals surface area contributed by atoms with Gasteiger partial charge >= 0.3 is 0 Å². The second-order valence-corrected chi connectivity index (χ2v) is 3.20. The quantitative estimate of drug-likeness (QED) is 0.674. The van der Waals surface area contributed by atoms with Gasteiger partial charge in [-0.3, -0.25) is 0 Å². The lowest BCUT2D eigenvalue weighted by atomic mass is 10.6. The van der Waals surface area contributed by atoms with Crippen LogP contribution in [0.2, 0.25) is 0 Å². The van der Waals surface area contributed by atoms with E-state index in [0.717, 1.165) is 11.6 Å². The third kappa shape index (κ3) is 2.01. The minimum Gasteiger partial charge on any atom is -0.357 e. The fourth-order valence-electron chi connectivity index (χ4n) is 1.05. The van der Waals surface area contributed by atoms with Crippen LogP contribution in [-0.4, -0.2) is 22.6 Å². The summed E-state index contributed by atoms with van der Waals surface area (Å²) in [5.74, 6) is 0. The first kappa shape index (κ1) is 9.61. The fourth-order valence-corrected chi connectivity index (χ4v) is 1.63. The van der Waals surface area contributed by atoms with Gasteiger partial charge in [0, 0.05) is 6.61 Å². The highest BCUT2D eigenvalue weighted by atomic mass is 32.2. The lowest BCUT2D eigenvalue weighted by Gasteiger charge is -2.13. The van der Waals surface area contributed by atoms with Crippen LogP contribution in [0.25, 0.3) is 0 Å². The highest BCUT2D eigenvalue weighted by molar-refractivity contribution is 7.98. The second-order valence-electron chi connectivity index (χ2n) is 2.37. The fraction of sp³-hybridized carbons (Fsp3) is 0.625. The average molecular weight is 186 g/mol. The zero-order valence-electron chi connectivity index (χ0n) is 7.65. The zero-order chi connectivity index (χ0) is 8.97. The molecule has 1 rings (SSSR count). The molecule has 0 aromatic carbocycles. The van der Waals surface area contributed by atoms with E-state index in [1.807, 2.05) is 30.9 Å². The lowest BCUT2D eigenvalue weighted by molar-refractivity contribution is 0.00993. The molecule has 0 fully saturated rings. The van der Waals surface area contributed by atoms with Gasteiger partial charge < -0.3 is 4.74 Å². The van der Waals surface area contributed by atoms with E-state index >= 15 is 0 Å². The molecule has 1 unspecified atom stereocenters. The Morgan fingerprint density at radius 1 is 1.75 bits per heavy atom. The van der Waals surface area contributed by atoms with E-state index < -0.39 is 0 Å². The van der Waals surface area contributed by atoms with E-state index in [-0.39, 0.29) is 6.23 Å². The van der Waals surface area contributed by atoms with Crippen molar-refractivity contribution in [2.75, 3.05) is 12.9 Å². The zero-order valence-corrected chi connectivity index (χ0v) is 8.47. The average Bonchev–Trinajstić information content (AvgIpc) is 2.51. The topological polar surface area (TPSA) is 27.1 Å². The minimum atomic E-state index is 0.0347. The first-order valence-corrected chi connectivity index (χ1v) is 5.21. The Morgan fingerprint density at radius 2 is 2.50 bits per heavy atom. The molecule has 1 atom stereocenters. The third-order valence-corrected chi connectivity index (χ3v) is 2.34. The predicted octanol–water partition coefficient (Wildman–Crippen LogP) is 2.16. The van der Waals surface area contributed by atoms with Crippen LogP contribution in [0.4, 0.5) is 0 Å². The number of thioether (sulfide) groups is 1. The summed E-state index contributed by atoms with van der Waals surface area (Å²) in [6.07, 6.45) is 3.86. The van der Waals surface area contributed by atoms with Gasteiger partial charge in [0.2, 0.25) is 0 Å². The van der Waals surface area contributed by atoms with E-state index in [1.165, 1.54) is 0 Å². The Bertz CT molecular complexity index is 237. The van der Waals surface area contributed by atoms with Gasteiger partial charge in [0.25, 0.3) is 0 Å². The molecule has 1 heterocycles. The molecular weight excluding hydrogens is 172 g/mol. The first-order chi connectivity index (χ1) is 5.79. The number of nitrogens with zero attached hydrogens (tertiary/aromatic N) is 2. The summed E-state index contributed by atoms with van der Waals surface area (Å²) < 4.78 is 7.30. The number of rotatable bonds is 4. The normalized spacial score (nSPS) is 13.2. The molecular formula is C8H14N2OS. The smallest absolute Gasteiger partial charge is 0.148 e. The molecule has 0 amide bonds. The molecule has 0 saturated heterocycles. The number of aromatic nitrogens is 2. The molecule has 0 spiro atoms. The van der Waals surface area contributed by atoms with E-state index in [9.17, 15) is 0 Å². The highest BCUT2D eigenvalue weighted by Gasteiger charge is 2.07. The van der Waals surface area contributed by atoms with Gasteiger partial charge in [-0.2, -0.15) is 5.10 Å². The summed E-state index contributed by atoms with van der Waals surface area (Å²) in [6.45, 7) is 4.70. The summed E-state index contributed by atoms with van der Waals surface area (Å²) in [5, 5.41) is 5.31. The largest absolute Gasteiger partial charge is 0.357 e. The Balaban J connectivity index is 2.71. The molecule has 0 aliphatic rings. The Labute approximate surface area is 77.1 Å². The molecule has 0 aliphatic heterocycles. The van der Waals surface area contributed by atoms with E-state index in [4.69, 9.17) is 4.74 Å².